The minimum Gasteiger partial charge on any atom is -0.397 e. The highest BCUT2D eigenvalue weighted by Gasteiger charge is 2.03. The van der Waals surface area contributed by atoms with Gasteiger partial charge in [-0.2, -0.15) is 0 Å². The molecule has 0 aromatic heterocycles. The van der Waals surface area contributed by atoms with Crippen LogP contribution in [-0.4, -0.2) is 0 Å². The number of hydrogen-bond donors (Lipinski definition) is 2. The van der Waals surface area contributed by atoms with Gasteiger partial charge in [0.1, 0.15) is 0 Å². The van der Waals surface area contributed by atoms with Gasteiger partial charge < -0.3 is 11.1 Å². The van der Waals surface area contributed by atoms with E-state index in [2.05, 4.69) is 69.0 Å². The van der Waals surface area contributed by atoms with Gasteiger partial charge in [-0.25, -0.2) is 0 Å². The molecular weight excluding hydrogens is 391 g/mol. The Bertz CT molecular complexity index is 506. The lowest BCUT2D eigenvalue weighted by Gasteiger charge is -2.12. The van der Waals surface area contributed by atoms with E-state index in [1.165, 1.54) is 9.13 Å². The molecule has 0 heterocycles. The molecule has 4 heteroatoms. The molecule has 0 spiro atoms. The van der Waals surface area contributed by atoms with Gasteiger partial charge in [0.15, 0.2) is 0 Å². The summed E-state index contributed by atoms with van der Waals surface area (Å²) in [7, 11) is 0. The van der Waals surface area contributed by atoms with Crippen molar-refractivity contribution in [2.75, 3.05) is 11.1 Å². The van der Waals surface area contributed by atoms with Crippen molar-refractivity contribution in [1.82, 2.24) is 0 Å². The summed E-state index contributed by atoms with van der Waals surface area (Å²) in [6.45, 7) is 2.08. The highest BCUT2D eigenvalue weighted by Crippen LogP contribution is 2.28. The van der Waals surface area contributed by atoms with Crippen LogP contribution < -0.4 is 11.1 Å². The van der Waals surface area contributed by atoms with Crippen LogP contribution in [0.2, 0.25) is 0 Å². The van der Waals surface area contributed by atoms with E-state index in [0.717, 1.165) is 21.5 Å². The van der Waals surface area contributed by atoms with Crippen LogP contribution >= 0.6 is 38.5 Å². The zero-order valence-electron chi connectivity index (χ0n) is 9.30. The summed E-state index contributed by atoms with van der Waals surface area (Å²) in [6, 6.07) is 12.1. The molecule has 2 aromatic rings. The molecule has 0 aliphatic heterocycles. The minimum absolute atomic E-state index is 0.742. The number of nitrogen functional groups attached to an aromatic ring is 1. The fourth-order valence-corrected chi connectivity index (χ4v) is 2.36. The Hall–Kier alpha value is -0.750. The van der Waals surface area contributed by atoms with Crippen molar-refractivity contribution >= 4 is 55.6 Å². The standard InChI is InChI=1S/C13H12BrIN2/c1-8-2-4-10(15)7-12(8)17-13-6-9(14)3-5-11(13)16/h2-7,17H,16H2,1H3. The Morgan fingerprint density at radius 3 is 2.65 bits per heavy atom. The minimum atomic E-state index is 0.742. The molecule has 2 nitrogen and oxygen atoms in total. The third-order valence-electron chi connectivity index (χ3n) is 2.48. The Morgan fingerprint density at radius 1 is 1.12 bits per heavy atom. The van der Waals surface area contributed by atoms with Gasteiger partial charge in [-0.15, -0.1) is 0 Å². The zero-order chi connectivity index (χ0) is 12.4. The smallest absolute Gasteiger partial charge is 0.0629 e. The third-order valence-corrected chi connectivity index (χ3v) is 3.65. The second-order valence-electron chi connectivity index (χ2n) is 3.82. The van der Waals surface area contributed by atoms with Gasteiger partial charge in [0.25, 0.3) is 0 Å². The maximum absolute atomic E-state index is 5.94. The van der Waals surface area contributed by atoms with E-state index in [1.54, 1.807) is 0 Å². The van der Waals surface area contributed by atoms with Gasteiger partial charge in [0, 0.05) is 13.7 Å². The van der Waals surface area contributed by atoms with Gasteiger partial charge in [0.2, 0.25) is 0 Å². The van der Waals surface area contributed by atoms with Crippen molar-refractivity contribution in [2.45, 2.75) is 6.92 Å². The Morgan fingerprint density at radius 2 is 1.88 bits per heavy atom. The van der Waals surface area contributed by atoms with Crippen molar-refractivity contribution in [1.29, 1.82) is 0 Å². The van der Waals surface area contributed by atoms with E-state index in [4.69, 9.17) is 5.73 Å². The first-order valence-corrected chi connectivity index (χ1v) is 7.01. The number of rotatable bonds is 2. The molecule has 2 rings (SSSR count). The molecule has 0 saturated carbocycles. The zero-order valence-corrected chi connectivity index (χ0v) is 13.0. The van der Waals surface area contributed by atoms with E-state index < -0.39 is 0 Å². The molecule has 0 atom stereocenters. The Balaban J connectivity index is 2.37. The van der Waals surface area contributed by atoms with Crippen LogP contribution in [0.5, 0.6) is 0 Å². The molecule has 2 aromatic carbocycles. The molecule has 0 saturated heterocycles. The normalized spacial score (nSPS) is 10.3. The average molecular weight is 403 g/mol. The van der Waals surface area contributed by atoms with Gasteiger partial charge in [0.05, 0.1) is 11.4 Å². The highest BCUT2D eigenvalue weighted by atomic mass is 127. The lowest BCUT2D eigenvalue weighted by molar-refractivity contribution is 1.41. The first-order chi connectivity index (χ1) is 8.06. The van der Waals surface area contributed by atoms with Crippen molar-refractivity contribution in [3.63, 3.8) is 0 Å². The lowest BCUT2D eigenvalue weighted by Crippen LogP contribution is -1.98. The second kappa shape index (κ2) is 5.27. The predicted octanol–water partition coefficient (Wildman–Crippen LogP) is 4.69. The van der Waals surface area contributed by atoms with Crippen molar-refractivity contribution < 1.29 is 0 Å². The van der Waals surface area contributed by atoms with Crippen LogP contribution in [0.3, 0.4) is 0 Å². The van der Waals surface area contributed by atoms with Gasteiger partial charge in [-0.05, 0) is 65.4 Å². The molecule has 0 amide bonds. The van der Waals surface area contributed by atoms with Crippen LogP contribution in [0.25, 0.3) is 0 Å². The molecule has 0 aliphatic carbocycles. The summed E-state index contributed by atoms with van der Waals surface area (Å²) < 4.78 is 2.21. The fourth-order valence-electron chi connectivity index (χ4n) is 1.51. The summed E-state index contributed by atoms with van der Waals surface area (Å²) in [6.07, 6.45) is 0. The van der Waals surface area contributed by atoms with Crippen molar-refractivity contribution in [3.8, 4) is 0 Å². The highest BCUT2D eigenvalue weighted by molar-refractivity contribution is 14.1. The number of halogens is 2. The van der Waals surface area contributed by atoms with Crippen LogP contribution in [-0.2, 0) is 0 Å². The lowest BCUT2D eigenvalue weighted by atomic mass is 10.2. The van der Waals surface area contributed by atoms with Crippen LogP contribution in [0.15, 0.2) is 40.9 Å². The van der Waals surface area contributed by atoms with E-state index in [9.17, 15) is 0 Å². The first kappa shape index (κ1) is 12.7. The van der Waals surface area contributed by atoms with Crippen molar-refractivity contribution in [3.05, 3.63) is 50.0 Å². The van der Waals surface area contributed by atoms with E-state index in [1.807, 2.05) is 18.2 Å². The number of nitrogens with two attached hydrogens (primary N) is 1. The molecule has 17 heavy (non-hydrogen) atoms. The van der Waals surface area contributed by atoms with Gasteiger partial charge in [-0.3, -0.25) is 0 Å². The Labute approximate surface area is 123 Å². The molecule has 0 radical (unpaired) electrons. The van der Waals surface area contributed by atoms with Crippen LogP contribution in [0, 0.1) is 10.5 Å². The summed E-state index contributed by atoms with van der Waals surface area (Å²) in [5.41, 5.74) is 9.89. The number of aryl methyl sites for hydroxylation is 1. The van der Waals surface area contributed by atoms with Crippen LogP contribution in [0.4, 0.5) is 17.1 Å². The largest absolute Gasteiger partial charge is 0.397 e. The molecular formula is C13H12BrIN2. The summed E-state index contributed by atoms with van der Waals surface area (Å²) in [4.78, 5) is 0. The van der Waals surface area contributed by atoms with Crippen LogP contribution in [0.1, 0.15) is 5.56 Å². The fraction of sp³-hybridized carbons (Fsp3) is 0.0769. The molecule has 88 valence electrons. The Kier molecular flexibility index (Phi) is 3.93. The molecule has 3 N–H and O–H groups in total. The topological polar surface area (TPSA) is 38.0 Å². The summed E-state index contributed by atoms with van der Waals surface area (Å²) in [5.74, 6) is 0. The molecule has 0 fully saturated rings. The molecule has 0 aliphatic rings. The number of hydrogen-bond acceptors (Lipinski definition) is 2. The average Bonchev–Trinajstić information content (AvgIpc) is 2.28. The van der Waals surface area contributed by atoms with Crippen molar-refractivity contribution in [2.24, 2.45) is 0 Å². The van der Waals surface area contributed by atoms with E-state index >= 15 is 0 Å². The molecule has 0 bridgehead atoms. The maximum atomic E-state index is 5.94. The predicted molar refractivity (Wildman–Crippen MR) is 85.7 cm³/mol. The van der Waals surface area contributed by atoms with E-state index in [0.29, 0.717) is 0 Å². The summed E-state index contributed by atoms with van der Waals surface area (Å²) in [5, 5.41) is 3.36. The molecule has 0 unspecified atom stereocenters. The quantitative estimate of drug-likeness (QED) is 0.565. The number of nitrogens with one attached hydrogen (secondary N) is 1. The third kappa shape index (κ3) is 3.13. The first-order valence-electron chi connectivity index (χ1n) is 5.14. The van der Waals surface area contributed by atoms with E-state index in [-0.39, 0.29) is 0 Å². The SMILES string of the molecule is Cc1ccc(I)cc1Nc1cc(Br)ccc1N. The maximum Gasteiger partial charge on any atom is 0.0629 e. The monoisotopic (exact) mass is 402 g/mol. The number of anilines is 3. The van der Waals surface area contributed by atoms with Gasteiger partial charge in [-0.1, -0.05) is 22.0 Å². The van der Waals surface area contributed by atoms with Gasteiger partial charge >= 0.3 is 0 Å². The summed E-state index contributed by atoms with van der Waals surface area (Å²) >= 11 is 5.75. The number of benzene rings is 2. The second-order valence-corrected chi connectivity index (χ2v) is 5.98.